The van der Waals surface area contributed by atoms with E-state index < -0.39 is 0 Å². The first-order chi connectivity index (χ1) is 10.8. The average molecular weight is 355 g/mol. The molecule has 1 aliphatic heterocycles. The lowest BCUT2D eigenvalue weighted by atomic mass is 10.1. The van der Waals surface area contributed by atoms with Crippen molar-refractivity contribution in [2.75, 3.05) is 11.4 Å². The van der Waals surface area contributed by atoms with E-state index in [4.69, 9.17) is 0 Å². The first-order valence-electron chi connectivity index (χ1n) is 7.14. The Labute approximate surface area is 140 Å². The minimum absolute atomic E-state index is 0.810. The Kier molecular flexibility index (Phi) is 6.16. The van der Waals surface area contributed by atoms with E-state index >= 15 is 0 Å². The van der Waals surface area contributed by atoms with Gasteiger partial charge in [-0.3, -0.25) is 0 Å². The van der Waals surface area contributed by atoms with Crippen molar-refractivity contribution in [3.05, 3.63) is 90.1 Å². The molecule has 2 nitrogen and oxygen atoms in total. The Hall–Kier alpha value is -2.13. The fourth-order valence-corrected chi connectivity index (χ4v) is 2.66. The molecule has 1 aromatic heterocycles. The third kappa shape index (κ3) is 3.95. The van der Waals surface area contributed by atoms with Gasteiger partial charge in [-0.1, -0.05) is 48.6 Å². The molecule has 0 N–H and O–H groups in total. The van der Waals surface area contributed by atoms with E-state index in [2.05, 4.69) is 87.5 Å². The Bertz CT molecular complexity index is 677. The molecule has 112 valence electrons. The van der Waals surface area contributed by atoms with Gasteiger partial charge in [0, 0.05) is 12.2 Å². The van der Waals surface area contributed by atoms with Crippen LogP contribution in [0.25, 0.3) is 0 Å². The molecule has 0 saturated carbocycles. The van der Waals surface area contributed by atoms with Crippen molar-refractivity contribution in [1.29, 1.82) is 0 Å². The summed E-state index contributed by atoms with van der Waals surface area (Å²) < 4.78 is 0.856. The summed E-state index contributed by atoms with van der Waals surface area (Å²) in [5.41, 5.74) is 2.53. The summed E-state index contributed by atoms with van der Waals surface area (Å²) in [7, 11) is 0. The van der Waals surface area contributed by atoms with Crippen molar-refractivity contribution in [2.45, 2.75) is 6.42 Å². The van der Waals surface area contributed by atoms with Crippen LogP contribution in [0.15, 0.2) is 84.5 Å². The lowest BCUT2D eigenvalue weighted by Crippen LogP contribution is -2.19. The number of rotatable bonds is 1. The standard InChI is InChI=1S/C17H15BrN2.C2H4/c18-16-11-7-12-17(19-16)20-13-6-2-1-3-8-14-9-4-5-10-15(14)20;1-2/h1-7,9-12H,8,13H2;1-2H2/b3-1-,6-2-;. The number of fused-ring (bicyclic) bond motifs is 1. The third-order valence-electron chi connectivity index (χ3n) is 3.27. The predicted molar refractivity (Wildman–Crippen MR) is 98.6 cm³/mol. The molecule has 1 aromatic carbocycles. The highest BCUT2D eigenvalue weighted by molar-refractivity contribution is 9.10. The van der Waals surface area contributed by atoms with Crippen molar-refractivity contribution in [1.82, 2.24) is 4.98 Å². The van der Waals surface area contributed by atoms with Crippen molar-refractivity contribution >= 4 is 27.4 Å². The molecular formula is C19H19BrN2. The predicted octanol–water partition coefficient (Wildman–Crippen LogP) is 5.45. The maximum absolute atomic E-state index is 4.59. The highest BCUT2D eigenvalue weighted by atomic mass is 79.9. The summed E-state index contributed by atoms with van der Waals surface area (Å²) in [6.45, 7) is 6.81. The molecule has 0 radical (unpaired) electrons. The molecule has 2 heterocycles. The van der Waals surface area contributed by atoms with Gasteiger partial charge in [-0.25, -0.2) is 4.98 Å². The molecule has 0 atom stereocenters. The highest BCUT2D eigenvalue weighted by Gasteiger charge is 2.13. The molecule has 0 aliphatic carbocycles. The summed E-state index contributed by atoms with van der Waals surface area (Å²) in [4.78, 5) is 6.83. The number of anilines is 2. The number of nitrogens with zero attached hydrogens (tertiary/aromatic N) is 2. The van der Waals surface area contributed by atoms with Gasteiger partial charge in [-0.15, -0.1) is 13.2 Å². The van der Waals surface area contributed by atoms with Gasteiger partial charge < -0.3 is 4.90 Å². The second kappa shape index (κ2) is 8.35. The van der Waals surface area contributed by atoms with Crippen LogP contribution in [0.5, 0.6) is 0 Å². The van der Waals surface area contributed by atoms with E-state index in [-0.39, 0.29) is 0 Å². The monoisotopic (exact) mass is 354 g/mol. The maximum Gasteiger partial charge on any atom is 0.134 e. The maximum atomic E-state index is 4.59. The Morgan fingerprint density at radius 2 is 1.73 bits per heavy atom. The van der Waals surface area contributed by atoms with Gasteiger partial charge in [0.05, 0.1) is 0 Å². The summed E-state index contributed by atoms with van der Waals surface area (Å²) in [5.74, 6) is 0.957. The average Bonchev–Trinajstić information content (AvgIpc) is 2.67. The van der Waals surface area contributed by atoms with Crippen LogP contribution in [0.4, 0.5) is 11.5 Å². The van der Waals surface area contributed by atoms with Crippen LogP contribution in [0.2, 0.25) is 0 Å². The lowest BCUT2D eigenvalue weighted by molar-refractivity contribution is 1.03. The van der Waals surface area contributed by atoms with E-state index in [0.29, 0.717) is 0 Å². The quantitative estimate of drug-likeness (QED) is 0.499. The van der Waals surface area contributed by atoms with E-state index in [9.17, 15) is 0 Å². The number of aromatic nitrogens is 1. The van der Waals surface area contributed by atoms with Crippen LogP contribution in [-0.2, 0) is 6.42 Å². The smallest absolute Gasteiger partial charge is 0.134 e. The topological polar surface area (TPSA) is 16.1 Å². The van der Waals surface area contributed by atoms with Crippen molar-refractivity contribution in [3.63, 3.8) is 0 Å². The molecule has 0 fully saturated rings. The molecule has 2 aromatic rings. The number of benzene rings is 1. The largest absolute Gasteiger partial charge is 0.322 e. The summed E-state index contributed by atoms with van der Waals surface area (Å²) in [5, 5.41) is 0. The van der Waals surface area contributed by atoms with Crippen LogP contribution >= 0.6 is 15.9 Å². The zero-order chi connectivity index (χ0) is 15.8. The highest BCUT2D eigenvalue weighted by Crippen LogP contribution is 2.29. The number of allylic oxidation sites excluding steroid dienone is 3. The Balaban J connectivity index is 0.000000847. The molecule has 0 unspecified atom stereocenters. The first kappa shape index (κ1) is 16.2. The van der Waals surface area contributed by atoms with Crippen LogP contribution < -0.4 is 4.90 Å². The van der Waals surface area contributed by atoms with Crippen molar-refractivity contribution in [3.8, 4) is 0 Å². The summed E-state index contributed by atoms with van der Waals surface area (Å²) >= 11 is 3.45. The fraction of sp³-hybridized carbons (Fsp3) is 0.105. The molecule has 0 saturated heterocycles. The molecular weight excluding hydrogens is 336 g/mol. The van der Waals surface area contributed by atoms with Crippen LogP contribution in [0, 0.1) is 0 Å². The second-order valence-electron chi connectivity index (χ2n) is 4.62. The normalized spacial score (nSPS) is 16.1. The number of hydrogen-bond donors (Lipinski definition) is 0. The van der Waals surface area contributed by atoms with Gasteiger partial charge >= 0.3 is 0 Å². The Morgan fingerprint density at radius 3 is 2.55 bits per heavy atom. The first-order valence-corrected chi connectivity index (χ1v) is 7.93. The zero-order valence-corrected chi connectivity index (χ0v) is 14.0. The number of para-hydroxylation sites is 1. The van der Waals surface area contributed by atoms with Gasteiger partial charge in [-0.05, 0) is 46.1 Å². The molecule has 0 amide bonds. The van der Waals surface area contributed by atoms with Crippen molar-refractivity contribution < 1.29 is 0 Å². The number of halogens is 1. The van der Waals surface area contributed by atoms with Gasteiger partial charge in [0.1, 0.15) is 10.4 Å². The van der Waals surface area contributed by atoms with Crippen LogP contribution in [-0.4, -0.2) is 11.5 Å². The van der Waals surface area contributed by atoms with Gasteiger partial charge in [0.15, 0.2) is 0 Å². The summed E-state index contributed by atoms with van der Waals surface area (Å²) in [6.07, 6.45) is 9.48. The van der Waals surface area contributed by atoms with E-state index in [1.165, 1.54) is 11.3 Å². The molecule has 1 aliphatic rings. The molecule has 0 bridgehead atoms. The summed E-state index contributed by atoms with van der Waals surface area (Å²) in [6, 6.07) is 14.5. The van der Waals surface area contributed by atoms with Gasteiger partial charge in [0.2, 0.25) is 0 Å². The van der Waals surface area contributed by atoms with Gasteiger partial charge in [0.25, 0.3) is 0 Å². The number of hydrogen-bond acceptors (Lipinski definition) is 2. The van der Waals surface area contributed by atoms with E-state index in [1.807, 2.05) is 18.2 Å². The minimum atomic E-state index is 0.810. The zero-order valence-electron chi connectivity index (χ0n) is 12.5. The molecule has 3 rings (SSSR count). The Morgan fingerprint density at radius 1 is 0.955 bits per heavy atom. The molecule has 3 heteroatoms. The lowest BCUT2D eigenvalue weighted by Gasteiger charge is -2.24. The number of pyridine rings is 1. The third-order valence-corrected chi connectivity index (χ3v) is 3.71. The SMILES string of the molecule is Brc1cccc(N2C/C=C\C=C/Cc3ccccc32)n1.C=C. The second-order valence-corrected chi connectivity index (χ2v) is 5.43. The van der Waals surface area contributed by atoms with Crippen molar-refractivity contribution in [2.24, 2.45) is 0 Å². The fourth-order valence-electron chi connectivity index (χ4n) is 2.33. The van der Waals surface area contributed by atoms with E-state index in [0.717, 1.165) is 23.4 Å². The van der Waals surface area contributed by atoms with Gasteiger partial charge in [-0.2, -0.15) is 0 Å². The van der Waals surface area contributed by atoms with E-state index in [1.54, 1.807) is 0 Å². The molecule has 0 spiro atoms. The molecule has 22 heavy (non-hydrogen) atoms. The van der Waals surface area contributed by atoms with Crippen LogP contribution in [0.3, 0.4) is 0 Å². The minimum Gasteiger partial charge on any atom is -0.322 e. The van der Waals surface area contributed by atoms with Crippen LogP contribution in [0.1, 0.15) is 5.56 Å².